The van der Waals surface area contributed by atoms with Crippen LogP contribution in [0.15, 0.2) is 23.1 Å². The first-order valence-electron chi connectivity index (χ1n) is 9.39. The molecule has 0 bridgehead atoms. The number of amides is 1. The number of carbonyl (C=O) groups is 2. The average Bonchev–Trinajstić information content (AvgIpc) is 3.02. The maximum Gasteiger partial charge on any atom is 0.342 e. The number of nitrogens with one attached hydrogen (secondary N) is 1. The number of carbonyl (C=O) groups excluding carboxylic acids is 2. The van der Waals surface area contributed by atoms with Gasteiger partial charge < -0.3 is 14.8 Å². The van der Waals surface area contributed by atoms with Crippen molar-refractivity contribution in [2.75, 3.05) is 33.4 Å². The van der Waals surface area contributed by atoms with Crippen LogP contribution in [0.25, 0.3) is 0 Å². The minimum atomic E-state index is -3.75. The summed E-state index contributed by atoms with van der Waals surface area (Å²) >= 11 is 0. The molecule has 0 atom stereocenters. The number of rotatable bonds is 8. The van der Waals surface area contributed by atoms with Gasteiger partial charge in [0.05, 0.1) is 24.5 Å². The topological polar surface area (TPSA) is 126 Å². The number of nitrogens with zero attached hydrogens (tertiary/aromatic N) is 2. The lowest BCUT2D eigenvalue weighted by atomic mass is 10.2. The highest BCUT2D eigenvalue weighted by molar-refractivity contribution is 7.89. The third-order valence-electron chi connectivity index (χ3n) is 4.49. The summed E-state index contributed by atoms with van der Waals surface area (Å²) in [7, 11) is -2.40. The number of ether oxygens (including phenoxy) is 2. The van der Waals surface area contributed by atoms with Crippen molar-refractivity contribution in [1.82, 2.24) is 9.62 Å². The molecule has 158 valence electrons. The molecule has 2 rings (SSSR count). The summed E-state index contributed by atoms with van der Waals surface area (Å²) in [5, 5.41) is 10.9. The van der Waals surface area contributed by atoms with Gasteiger partial charge in [-0.15, -0.1) is 0 Å². The largest absolute Gasteiger partial charge is 0.496 e. The van der Waals surface area contributed by atoms with Gasteiger partial charge in [-0.2, -0.15) is 9.57 Å². The van der Waals surface area contributed by atoms with Crippen LogP contribution in [-0.2, 0) is 19.6 Å². The van der Waals surface area contributed by atoms with E-state index >= 15 is 0 Å². The molecule has 1 aromatic carbocycles. The molecule has 0 saturated carbocycles. The van der Waals surface area contributed by atoms with Gasteiger partial charge in [-0.3, -0.25) is 4.79 Å². The smallest absolute Gasteiger partial charge is 0.342 e. The fourth-order valence-corrected chi connectivity index (χ4v) is 4.50. The molecule has 1 amide bonds. The SMILES string of the molecule is COc1ccc(S(=O)(=O)N2CCCCCC2)cc1C(=O)OCC(=O)NCCC#N. The Hall–Kier alpha value is -2.64. The van der Waals surface area contributed by atoms with E-state index in [4.69, 9.17) is 14.7 Å². The molecule has 0 radical (unpaired) electrons. The molecule has 1 aliphatic heterocycles. The normalized spacial score (nSPS) is 15.0. The van der Waals surface area contributed by atoms with Crippen molar-refractivity contribution in [3.8, 4) is 11.8 Å². The molecule has 10 heteroatoms. The van der Waals surface area contributed by atoms with Crippen LogP contribution in [0.5, 0.6) is 5.75 Å². The van der Waals surface area contributed by atoms with E-state index < -0.39 is 28.5 Å². The summed E-state index contributed by atoms with van der Waals surface area (Å²) in [4.78, 5) is 24.0. The van der Waals surface area contributed by atoms with Gasteiger partial charge in [0, 0.05) is 19.6 Å². The summed E-state index contributed by atoms with van der Waals surface area (Å²) in [6.45, 7) is 0.490. The number of nitriles is 1. The Morgan fingerprint density at radius 1 is 1.21 bits per heavy atom. The fraction of sp³-hybridized carbons (Fsp3) is 0.526. The quantitative estimate of drug-likeness (QED) is 0.495. The van der Waals surface area contributed by atoms with E-state index in [1.54, 1.807) is 0 Å². The number of sulfonamides is 1. The van der Waals surface area contributed by atoms with Crippen LogP contribution in [0.2, 0.25) is 0 Å². The molecule has 1 fully saturated rings. The molecule has 1 heterocycles. The van der Waals surface area contributed by atoms with Crippen molar-refractivity contribution >= 4 is 21.9 Å². The van der Waals surface area contributed by atoms with Gasteiger partial charge in [0.15, 0.2) is 6.61 Å². The van der Waals surface area contributed by atoms with E-state index in [-0.39, 0.29) is 29.2 Å². The van der Waals surface area contributed by atoms with E-state index in [0.29, 0.717) is 13.1 Å². The zero-order valence-corrected chi connectivity index (χ0v) is 17.2. The van der Waals surface area contributed by atoms with Crippen molar-refractivity contribution in [2.45, 2.75) is 37.0 Å². The number of esters is 1. The predicted molar refractivity (Wildman–Crippen MR) is 104 cm³/mol. The van der Waals surface area contributed by atoms with E-state index in [9.17, 15) is 18.0 Å². The standard InChI is InChI=1S/C19H25N3O6S/c1-27-17-8-7-15(29(25,26)22-11-4-2-3-5-12-22)13-16(17)19(24)28-14-18(23)21-10-6-9-20/h7-8,13H,2-6,10-12,14H2,1H3,(H,21,23). The number of benzene rings is 1. The number of hydrogen-bond donors (Lipinski definition) is 1. The second-order valence-corrected chi connectivity index (χ2v) is 8.45. The van der Waals surface area contributed by atoms with E-state index in [0.717, 1.165) is 25.7 Å². The maximum atomic E-state index is 13.0. The molecular formula is C19H25N3O6S. The van der Waals surface area contributed by atoms with E-state index in [2.05, 4.69) is 5.32 Å². The van der Waals surface area contributed by atoms with E-state index in [1.807, 2.05) is 6.07 Å². The van der Waals surface area contributed by atoms with Crippen LogP contribution in [0.1, 0.15) is 42.5 Å². The van der Waals surface area contributed by atoms with Crippen molar-refractivity contribution in [3.63, 3.8) is 0 Å². The Kier molecular flexibility index (Phi) is 8.42. The lowest BCUT2D eigenvalue weighted by molar-refractivity contribution is -0.124. The molecule has 0 aliphatic carbocycles. The summed E-state index contributed by atoms with van der Waals surface area (Å²) in [5.41, 5.74) is -0.0757. The fourth-order valence-electron chi connectivity index (χ4n) is 2.96. The maximum absolute atomic E-state index is 13.0. The highest BCUT2D eigenvalue weighted by Crippen LogP contribution is 2.26. The van der Waals surface area contributed by atoms with E-state index in [1.165, 1.54) is 29.6 Å². The van der Waals surface area contributed by atoms with Crippen molar-refractivity contribution < 1.29 is 27.5 Å². The zero-order chi connectivity index (χ0) is 21.3. The van der Waals surface area contributed by atoms with Gasteiger partial charge in [0.25, 0.3) is 5.91 Å². The Bertz CT molecular complexity index is 870. The van der Waals surface area contributed by atoms with Crippen LogP contribution in [0, 0.1) is 11.3 Å². The number of methoxy groups -OCH3 is 1. The Balaban J connectivity index is 2.16. The van der Waals surface area contributed by atoms with Crippen LogP contribution < -0.4 is 10.1 Å². The summed E-state index contributed by atoms with van der Waals surface area (Å²) < 4.78 is 37.5. The molecule has 0 spiro atoms. The Morgan fingerprint density at radius 2 is 1.90 bits per heavy atom. The highest BCUT2D eigenvalue weighted by atomic mass is 32.2. The first-order chi connectivity index (χ1) is 13.9. The Morgan fingerprint density at radius 3 is 2.52 bits per heavy atom. The molecule has 1 saturated heterocycles. The van der Waals surface area contributed by atoms with Gasteiger partial charge in [0.2, 0.25) is 10.0 Å². The van der Waals surface area contributed by atoms with Crippen LogP contribution in [-0.4, -0.2) is 58.0 Å². The van der Waals surface area contributed by atoms with Gasteiger partial charge in [-0.05, 0) is 31.0 Å². The van der Waals surface area contributed by atoms with Crippen molar-refractivity contribution in [3.05, 3.63) is 23.8 Å². The van der Waals surface area contributed by atoms with Crippen molar-refractivity contribution in [2.24, 2.45) is 0 Å². The van der Waals surface area contributed by atoms with Crippen LogP contribution in [0.3, 0.4) is 0 Å². The van der Waals surface area contributed by atoms with Crippen LogP contribution >= 0.6 is 0 Å². The van der Waals surface area contributed by atoms with Crippen LogP contribution in [0.4, 0.5) is 0 Å². The van der Waals surface area contributed by atoms with Gasteiger partial charge >= 0.3 is 5.97 Å². The third-order valence-corrected chi connectivity index (χ3v) is 6.38. The minimum absolute atomic E-state index is 0.0226. The zero-order valence-electron chi connectivity index (χ0n) is 16.3. The third kappa shape index (κ3) is 6.17. The lowest BCUT2D eigenvalue weighted by Crippen LogP contribution is -2.32. The average molecular weight is 423 g/mol. The highest BCUT2D eigenvalue weighted by Gasteiger charge is 2.27. The first kappa shape index (κ1) is 22.6. The molecule has 1 aliphatic rings. The second kappa shape index (κ2) is 10.8. The first-order valence-corrected chi connectivity index (χ1v) is 10.8. The molecule has 1 N–H and O–H groups in total. The molecule has 0 aromatic heterocycles. The summed E-state index contributed by atoms with van der Waals surface area (Å²) in [6, 6.07) is 5.89. The van der Waals surface area contributed by atoms with Crippen molar-refractivity contribution in [1.29, 1.82) is 5.26 Å². The molecular weight excluding hydrogens is 398 g/mol. The van der Waals surface area contributed by atoms with Gasteiger partial charge in [-0.1, -0.05) is 12.8 Å². The molecule has 29 heavy (non-hydrogen) atoms. The molecule has 9 nitrogen and oxygen atoms in total. The summed E-state index contributed by atoms with van der Waals surface area (Å²) in [5.74, 6) is -1.28. The molecule has 1 aromatic rings. The van der Waals surface area contributed by atoms with Gasteiger partial charge in [-0.25, -0.2) is 13.2 Å². The Labute approximate surface area is 170 Å². The van der Waals surface area contributed by atoms with Gasteiger partial charge in [0.1, 0.15) is 11.3 Å². The second-order valence-electron chi connectivity index (χ2n) is 6.51. The lowest BCUT2D eigenvalue weighted by Gasteiger charge is -2.20. The monoisotopic (exact) mass is 423 g/mol. The predicted octanol–water partition coefficient (Wildman–Crippen LogP) is 1.45. The molecule has 0 unspecified atom stereocenters. The number of hydrogen-bond acceptors (Lipinski definition) is 7. The minimum Gasteiger partial charge on any atom is -0.496 e. The summed E-state index contributed by atoms with van der Waals surface area (Å²) in [6.07, 6.45) is 3.71.